The molecular weight excluding hydrogens is 421 g/mol. The lowest BCUT2D eigenvalue weighted by Crippen LogP contribution is -2.11. The van der Waals surface area contributed by atoms with Crippen LogP contribution in [0.15, 0.2) is 24.4 Å². The molecule has 0 radical (unpaired) electrons. The molecular formula is C16H12ClF3N4OS2. The smallest absolute Gasteiger partial charge is 0.297 e. The number of carbonyl (C=O) groups is 1. The van der Waals surface area contributed by atoms with Gasteiger partial charge >= 0.3 is 6.18 Å². The number of thiazole rings is 1. The van der Waals surface area contributed by atoms with Gasteiger partial charge in [0.25, 0.3) is 5.91 Å². The molecule has 0 spiro atoms. The number of nitrogens with zero attached hydrogens (tertiary/aromatic N) is 3. The van der Waals surface area contributed by atoms with Gasteiger partial charge in [0.05, 0.1) is 11.3 Å². The monoisotopic (exact) mass is 432 g/mol. The zero-order valence-corrected chi connectivity index (χ0v) is 16.2. The Bertz CT molecular complexity index is 971. The lowest BCUT2D eigenvalue weighted by molar-refractivity contribution is -0.137. The molecule has 0 aliphatic carbocycles. The van der Waals surface area contributed by atoms with Crippen molar-refractivity contribution >= 4 is 45.5 Å². The third-order valence-electron chi connectivity index (χ3n) is 3.61. The quantitative estimate of drug-likeness (QED) is 0.611. The summed E-state index contributed by atoms with van der Waals surface area (Å²) in [7, 11) is 0. The number of anilines is 1. The fraction of sp³-hybridized carbons (Fsp3) is 0.250. The summed E-state index contributed by atoms with van der Waals surface area (Å²) in [6.07, 6.45) is -2.18. The molecule has 0 unspecified atom stereocenters. The Hall–Kier alpha value is -2.04. The Kier molecular flexibility index (Phi) is 5.78. The zero-order chi connectivity index (χ0) is 19.6. The van der Waals surface area contributed by atoms with Gasteiger partial charge in [0.2, 0.25) is 0 Å². The highest BCUT2D eigenvalue weighted by Gasteiger charge is 2.31. The predicted octanol–water partition coefficient (Wildman–Crippen LogP) is 5.07. The summed E-state index contributed by atoms with van der Waals surface area (Å²) in [5, 5.41) is 7.12. The lowest BCUT2D eigenvalue weighted by atomic mass is 10.1. The van der Waals surface area contributed by atoms with E-state index >= 15 is 0 Å². The van der Waals surface area contributed by atoms with E-state index in [4.69, 9.17) is 11.6 Å². The molecule has 0 fully saturated rings. The molecule has 11 heteroatoms. The first kappa shape index (κ1) is 19.7. The Morgan fingerprint density at radius 3 is 2.81 bits per heavy atom. The average Bonchev–Trinajstić information content (AvgIpc) is 3.24. The summed E-state index contributed by atoms with van der Waals surface area (Å²) in [6.45, 7) is 1.87. The molecule has 0 saturated carbocycles. The average molecular weight is 433 g/mol. The van der Waals surface area contributed by atoms with Gasteiger partial charge in [-0.25, -0.2) is 4.98 Å². The molecule has 142 valence electrons. The summed E-state index contributed by atoms with van der Waals surface area (Å²) >= 11 is 8.19. The first-order valence-electron chi connectivity index (χ1n) is 7.70. The molecule has 0 saturated heterocycles. The topological polar surface area (TPSA) is 67.8 Å². The highest BCUT2D eigenvalue weighted by molar-refractivity contribution is 7.16. The molecule has 0 bridgehead atoms. The number of aryl methyl sites for hydroxylation is 1. The van der Waals surface area contributed by atoms with Crippen molar-refractivity contribution in [3.8, 4) is 0 Å². The Balaban J connectivity index is 1.74. The third-order valence-corrected chi connectivity index (χ3v) is 5.66. The number of nitrogens with one attached hydrogen (secondary N) is 1. The van der Waals surface area contributed by atoms with Gasteiger partial charge in [-0.15, -0.1) is 16.4 Å². The van der Waals surface area contributed by atoms with E-state index in [1.54, 1.807) is 0 Å². The van der Waals surface area contributed by atoms with Crippen molar-refractivity contribution in [3.63, 3.8) is 0 Å². The van der Waals surface area contributed by atoms with Crippen molar-refractivity contribution < 1.29 is 18.0 Å². The van der Waals surface area contributed by atoms with Gasteiger partial charge in [-0.05, 0) is 41.7 Å². The van der Waals surface area contributed by atoms with Crippen molar-refractivity contribution in [3.05, 3.63) is 56.0 Å². The second-order valence-electron chi connectivity index (χ2n) is 5.47. The number of alkyl halides is 3. The molecule has 1 N–H and O–H groups in total. The highest BCUT2D eigenvalue weighted by Crippen LogP contribution is 2.33. The third kappa shape index (κ3) is 4.63. The number of hydrogen-bond acceptors (Lipinski definition) is 6. The first-order valence-corrected chi connectivity index (χ1v) is 9.67. The molecule has 0 aliphatic rings. The minimum absolute atomic E-state index is 0.179. The van der Waals surface area contributed by atoms with E-state index in [9.17, 15) is 18.0 Å². The van der Waals surface area contributed by atoms with E-state index in [2.05, 4.69) is 19.9 Å². The highest BCUT2D eigenvalue weighted by atomic mass is 35.5. The SMILES string of the molecule is CCc1nnsc1C(=O)Nc1ncc(Cc2cc(C(F)(F)F)ccc2Cl)s1. The summed E-state index contributed by atoms with van der Waals surface area (Å²) in [5.74, 6) is -0.361. The number of amides is 1. The number of halogens is 4. The van der Waals surface area contributed by atoms with Crippen molar-refractivity contribution in [2.45, 2.75) is 25.9 Å². The normalized spacial score (nSPS) is 11.6. The Morgan fingerprint density at radius 2 is 2.11 bits per heavy atom. The van der Waals surface area contributed by atoms with Gasteiger partial charge in [-0.3, -0.25) is 10.1 Å². The predicted molar refractivity (Wildman–Crippen MR) is 98.6 cm³/mol. The van der Waals surface area contributed by atoms with Crippen molar-refractivity contribution in [2.24, 2.45) is 0 Å². The summed E-state index contributed by atoms with van der Waals surface area (Å²) in [5.41, 5.74) is 0.183. The molecule has 0 atom stereocenters. The number of hydrogen-bond donors (Lipinski definition) is 1. The van der Waals surface area contributed by atoms with Crippen LogP contribution in [0.5, 0.6) is 0 Å². The first-order chi connectivity index (χ1) is 12.8. The maximum Gasteiger partial charge on any atom is 0.416 e. The maximum atomic E-state index is 12.9. The molecule has 3 aromatic rings. The second kappa shape index (κ2) is 7.91. The molecule has 2 heterocycles. The van der Waals surface area contributed by atoms with Gasteiger partial charge in [0, 0.05) is 22.5 Å². The van der Waals surface area contributed by atoms with Crippen LogP contribution in [0.1, 0.15) is 38.3 Å². The van der Waals surface area contributed by atoms with Gasteiger partial charge in [0.1, 0.15) is 4.88 Å². The maximum absolute atomic E-state index is 12.9. The van der Waals surface area contributed by atoms with E-state index in [0.717, 1.165) is 23.7 Å². The van der Waals surface area contributed by atoms with Crippen molar-refractivity contribution in [2.75, 3.05) is 5.32 Å². The van der Waals surface area contributed by atoms with Crippen LogP contribution in [-0.2, 0) is 19.0 Å². The van der Waals surface area contributed by atoms with Crippen molar-refractivity contribution in [1.29, 1.82) is 0 Å². The van der Waals surface area contributed by atoms with Gasteiger partial charge in [-0.2, -0.15) is 13.2 Å². The van der Waals surface area contributed by atoms with E-state index in [1.807, 2.05) is 6.92 Å². The minimum Gasteiger partial charge on any atom is -0.297 e. The van der Waals surface area contributed by atoms with Crippen LogP contribution in [0.2, 0.25) is 5.02 Å². The van der Waals surface area contributed by atoms with Crippen LogP contribution < -0.4 is 5.32 Å². The molecule has 27 heavy (non-hydrogen) atoms. The van der Waals surface area contributed by atoms with E-state index in [-0.39, 0.29) is 17.4 Å². The second-order valence-corrected chi connectivity index (χ2v) is 7.75. The van der Waals surface area contributed by atoms with Gasteiger partial charge in [-0.1, -0.05) is 23.0 Å². The zero-order valence-electron chi connectivity index (χ0n) is 13.8. The van der Waals surface area contributed by atoms with Crippen molar-refractivity contribution in [1.82, 2.24) is 14.6 Å². The molecule has 0 aliphatic heterocycles. The summed E-state index contributed by atoms with van der Waals surface area (Å²) in [4.78, 5) is 17.5. The summed E-state index contributed by atoms with van der Waals surface area (Å²) in [6, 6.07) is 3.20. The van der Waals surface area contributed by atoms with Crippen LogP contribution in [0.3, 0.4) is 0 Å². The van der Waals surface area contributed by atoms with Gasteiger partial charge in [0.15, 0.2) is 5.13 Å². The molecule has 2 aromatic heterocycles. The number of aromatic nitrogens is 3. The fourth-order valence-corrected chi connectivity index (χ4v) is 3.95. The van der Waals surface area contributed by atoms with Gasteiger partial charge < -0.3 is 0 Å². The number of carbonyl (C=O) groups excluding carboxylic acids is 1. The molecule has 1 aromatic carbocycles. The number of benzene rings is 1. The van der Waals surface area contributed by atoms with Crippen LogP contribution in [0.4, 0.5) is 18.3 Å². The van der Waals surface area contributed by atoms with E-state index < -0.39 is 11.7 Å². The number of rotatable bonds is 5. The Labute approximate surface area is 165 Å². The summed E-state index contributed by atoms with van der Waals surface area (Å²) < 4.78 is 42.4. The molecule has 1 amide bonds. The Morgan fingerprint density at radius 1 is 1.33 bits per heavy atom. The van der Waals surface area contributed by atoms with E-state index in [1.165, 1.54) is 23.6 Å². The van der Waals surface area contributed by atoms with Crippen LogP contribution in [0.25, 0.3) is 0 Å². The standard InChI is InChI=1S/C16H12ClF3N4OS2/c1-2-12-13(27-24-23-12)14(25)22-15-21-7-10(26-15)6-8-5-9(16(18,19)20)3-4-11(8)17/h3-5,7H,2,6H2,1H3,(H,21,22,25). The largest absolute Gasteiger partial charge is 0.416 e. The molecule has 5 nitrogen and oxygen atoms in total. The van der Waals surface area contributed by atoms with Crippen LogP contribution in [-0.4, -0.2) is 20.5 Å². The molecule has 3 rings (SSSR count). The van der Waals surface area contributed by atoms with E-state index in [0.29, 0.717) is 32.6 Å². The van der Waals surface area contributed by atoms with Crippen LogP contribution in [0, 0.1) is 0 Å². The lowest BCUT2D eigenvalue weighted by Gasteiger charge is -2.09. The van der Waals surface area contributed by atoms with Crippen LogP contribution >= 0.6 is 34.5 Å². The minimum atomic E-state index is -4.44. The fourth-order valence-electron chi connectivity index (χ4n) is 2.29.